The van der Waals surface area contributed by atoms with E-state index in [4.69, 9.17) is 10.5 Å². The van der Waals surface area contributed by atoms with E-state index >= 15 is 0 Å². The van der Waals surface area contributed by atoms with Crippen molar-refractivity contribution in [2.75, 3.05) is 18.5 Å². The van der Waals surface area contributed by atoms with E-state index < -0.39 is 0 Å². The highest BCUT2D eigenvalue weighted by molar-refractivity contribution is 5.93. The molecule has 0 atom stereocenters. The number of rotatable bonds is 5. The summed E-state index contributed by atoms with van der Waals surface area (Å²) in [5.41, 5.74) is 5.67. The molecule has 5 heteroatoms. The van der Waals surface area contributed by atoms with E-state index in [0.717, 1.165) is 12.8 Å². The van der Waals surface area contributed by atoms with E-state index in [9.17, 15) is 9.18 Å². The Labute approximate surface area is 98.9 Å². The molecule has 0 heterocycles. The second-order valence-corrected chi connectivity index (χ2v) is 4.15. The lowest BCUT2D eigenvalue weighted by Gasteiger charge is -2.11. The number of hydrogen-bond donors (Lipinski definition) is 2. The monoisotopic (exact) mass is 238 g/mol. The van der Waals surface area contributed by atoms with Crippen molar-refractivity contribution in [3.63, 3.8) is 0 Å². The molecule has 17 heavy (non-hydrogen) atoms. The summed E-state index contributed by atoms with van der Waals surface area (Å²) in [6, 6.07) is 4.02. The third-order valence-corrected chi connectivity index (χ3v) is 2.57. The Bertz CT molecular complexity index is 419. The quantitative estimate of drug-likeness (QED) is 0.817. The molecule has 0 unspecified atom stereocenters. The van der Waals surface area contributed by atoms with Crippen molar-refractivity contribution >= 4 is 11.6 Å². The number of carbonyl (C=O) groups is 1. The highest BCUT2D eigenvalue weighted by Gasteiger charge is 2.22. The average molecular weight is 238 g/mol. The Kier molecular flexibility index (Phi) is 3.58. The summed E-state index contributed by atoms with van der Waals surface area (Å²) >= 11 is 0. The SMILES string of the molecule is NCC(=O)Nc1ccc(F)cc1OCC1CC1. The van der Waals surface area contributed by atoms with Gasteiger partial charge in [0.1, 0.15) is 11.6 Å². The molecule has 2 rings (SSSR count). The molecule has 0 aliphatic heterocycles. The summed E-state index contributed by atoms with van der Waals surface area (Å²) < 4.78 is 18.6. The van der Waals surface area contributed by atoms with Crippen LogP contribution in [-0.2, 0) is 4.79 Å². The van der Waals surface area contributed by atoms with Crippen LogP contribution < -0.4 is 15.8 Å². The number of hydrogen-bond acceptors (Lipinski definition) is 3. The average Bonchev–Trinajstić information content (AvgIpc) is 3.13. The number of carbonyl (C=O) groups excluding carboxylic acids is 1. The van der Waals surface area contributed by atoms with Crippen molar-refractivity contribution in [3.05, 3.63) is 24.0 Å². The molecule has 1 aromatic carbocycles. The first-order valence-corrected chi connectivity index (χ1v) is 5.61. The van der Waals surface area contributed by atoms with E-state index in [2.05, 4.69) is 5.32 Å². The van der Waals surface area contributed by atoms with Gasteiger partial charge in [0.25, 0.3) is 0 Å². The third kappa shape index (κ3) is 3.42. The smallest absolute Gasteiger partial charge is 0.238 e. The molecule has 1 aliphatic rings. The molecule has 1 fully saturated rings. The number of nitrogens with one attached hydrogen (secondary N) is 1. The standard InChI is InChI=1S/C12H15FN2O2/c13-9-3-4-10(15-12(16)6-14)11(5-9)17-7-8-1-2-8/h3-5,8H,1-2,6-7,14H2,(H,15,16). The predicted octanol–water partition coefficient (Wildman–Crippen LogP) is 1.51. The number of halogens is 1. The molecule has 1 aliphatic carbocycles. The maximum absolute atomic E-state index is 13.1. The second kappa shape index (κ2) is 5.14. The lowest BCUT2D eigenvalue weighted by molar-refractivity contribution is -0.114. The Morgan fingerprint density at radius 2 is 2.29 bits per heavy atom. The van der Waals surface area contributed by atoms with Crippen LogP contribution in [0.1, 0.15) is 12.8 Å². The van der Waals surface area contributed by atoms with Gasteiger partial charge in [-0.25, -0.2) is 4.39 Å². The van der Waals surface area contributed by atoms with Crippen LogP contribution in [0.3, 0.4) is 0 Å². The molecule has 0 aromatic heterocycles. The highest BCUT2D eigenvalue weighted by atomic mass is 19.1. The Hall–Kier alpha value is -1.62. The van der Waals surface area contributed by atoms with Gasteiger partial charge in [-0.05, 0) is 30.9 Å². The van der Waals surface area contributed by atoms with E-state index in [1.807, 2.05) is 0 Å². The Balaban J connectivity index is 2.08. The lowest BCUT2D eigenvalue weighted by atomic mass is 10.2. The number of nitrogens with two attached hydrogens (primary N) is 1. The first-order chi connectivity index (χ1) is 8.19. The molecule has 0 radical (unpaired) electrons. The Morgan fingerprint density at radius 3 is 2.94 bits per heavy atom. The van der Waals surface area contributed by atoms with Gasteiger partial charge in [0.05, 0.1) is 18.8 Å². The van der Waals surface area contributed by atoms with Crippen molar-refractivity contribution in [2.24, 2.45) is 11.7 Å². The lowest BCUT2D eigenvalue weighted by Crippen LogP contribution is -2.22. The predicted molar refractivity (Wildman–Crippen MR) is 62.3 cm³/mol. The maximum atomic E-state index is 13.1. The molecule has 0 bridgehead atoms. The van der Waals surface area contributed by atoms with E-state index in [-0.39, 0.29) is 18.3 Å². The normalized spacial score (nSPS) is 14.5. The zero-order valence-electron chi connectivity index (χ0n) is 9.41. The minimum absolute atomic E-state index is 0.112. The first-order valence-electron chi connectivity index (χ1n) is 5.61. The molecule has 0 spiro atoms. The number of anilines is 1. The number of ether oxygens (including phenoxy) is 1. The minimum atomic E-state index is -0.387. The van der Waals surface area contributed by atoms with Gasteiger partial charge < -0.3 is 15.8 Å². The van der Waals surface area contributed by atoms with Crippen LogP contribution in [0.15, 0.2) is 18.2 Å². The van der Waals surface area contributed by atoms with Crippen LogP contribution >= 0.6 is 0 Å². The van der Waals surface area contributed by atoms with E-state index in [1.165, 1.54) is 18.2 Å². The van der Waals surface area contributed by atoms with Gasteiger partial charge in [-0.3, -0.25) is 4.79 Å². The van der Waals surface area contributed by atoms with Crippen molar-refractivity contribution in [1.29, 1.82) is 0 Å². The largest absolute Gasteiger partial charge is 0.491 e. The summed E-state index contributed by atoms with van der Waals surface area (Å²) in [6.07, 6.45) is 2.31. The van der Waals surface area contributed by atoms with E-state index in [1.54, 1.807) is 0 Å². The first kappa shape index (κ1) is 11.9. The topological polar surface area (TPSA) is 64.4 Å². The van der Waals surface area contributed by atoms with Crippen LogP contribution in [0.25, 0.3) is 0 Å². The molecule has 1 saturated carbocycles. The van der Waals surface area contributed by atoms with Crippen molar-refractivity contribution in [2.45, 2.75) is 12.8 Å². The summed E-state index contributed by atoms with van der Waals surface area (Å²) in [6.45, 7) is 0.453. The van der Waals surface area contributed by atoms with Gasteiger partial charge in [0, 0.05) is 6.07 Å². The van der Waals surface area contributed by atoms with Crippen molar-refractivity contribution < 1.29 is 13.9 Å². The molecule has 1 amide bonds. The summed E-state index contributed by atoms with van der Waals surface area (Å²) in [7, 11) is 0. The van der Waals surface area contributed by atoms with Crippen molar-refractivity contribution in [1.82, 2.24) is 0 Å². The third-order valence-electron chi connectivity index (χ3n) is 2.57. The second-order valence-electron chi connectivity index (χ2n) is 4.15. The van der Waals surface area contributed by atoms with Crippen molar-refractivity contribution in [3.8, 4) is 5.75 Å². The molecular weight excluding hydrogens is 223 g/mol. The minimum Gasteiger partial charge on any atom is -0.491 e. The number of amides is 1. The molecular formula is C12H15FN2O2. The molecule has 4 nitrogen and oxygen atoms in total. The van der Waals surface area contributed by atoms with Gasteiger partial charge >= 0.3 is 0 Å². The number of benzene rings is 1. The molecule has 3 N–H and O–H groups in total. The van der Waals surface area contributed by atoms with Crippen LogP contribution in [0.5, 0.6) is 5.75 Å². The fraction of sp³-hybridized carbons (Fsp3) is 0.417. The maximum Gasteiger partial charge on any atom is 0.238 e. The fourth-order valence-electron chi connectivity index (χ4n) is 1.41. The molecule has 92 valence electrons. The van der Waals surface area contributed by atoms with Crippen LogP contribution in [-0.4, -0.2) is 19.1 Å². The van der Waals surface area contributed by atoms with Crippen LogP contribution in [0, 0.1) is 11.7 Å². The fourth-order valence-corrected chi connectivity index (χ4v) is 1.41. The highest BCUT2D eigenvalue weighted by Crippen LogP contribution is 2.32. The molecule has 0 saturated heterocycles. The Morgan fingerprint density at radius 1 is 1.53 bits per heavy atom. The molecule has 1 aromatic rings. The zero-order valence-corrected chi connectivity index (χ0v) is 9.41. The van der Waals surface area contributed by atoms with Gasteiger partial charge in [-0.2, -0.15) is 0 Å². The van der Waals surface area contributed by atoms with Crippen LogP contribution in [0.4, 0.5) is 10.1 Å². The summed E-state index contributed by atoms with van der Waals surface area (Å²) in [5, 5.41) is 2.58. The van der Waals surface area contributed by atoms with Gasteiger partial charge in [0.2, 0.25) is 5.91 Å². The summed E-state index contributed by atoms with van der Waals surface area (Å²) in [5.74, 6) is 0.212. The van der Waals surface area contributed by atoms with Crippen LogP contribution in [0.2, 0.25) is 0 Å². The van der Waals surface area contributed by atoms with E-state index in [0.29, 0.717) is 24.0 Å². The summed E-state index contributed by atoms with van der Waals surface area (Å²) in [4.78, 5) is 11.2. The van der Waals surface area contributed by atoms with Gasteiger partial charge in [-0.15, -0.1) is 0 Å². The van der Waals surface area contributed by atoms with Gasteiger partial charge in [-0.1, -0.05) is 0 Å². The van der Waals surface area contributed by atoms with Gasteiger partial charge in [0.15, 0.2) is 0 Å². The zero-order chi connectivity index (χ0) is 12.3.